The first-order valence-corrected chi connectivity index (χ1v) is 10.8. The Bertz CT molecular complexity index is 781. The molecule has 154 valence electrons. The van der Waals surface area contributed by atoms with Gasteiger partial charge in [-0.25, -0.2) is 13.1 Å². The summed E-state index contributed by atoms with van der Waals surface area (Å²) in [6.45, 7) is 6.84. The Labute approximate surface area is 166 Å². The van der Waals surface area contributed by atoms with Crippen molar-refractivity contribution in [1.29, 1.82) is 5.26 Å². The zero-order valence-corrected chi connectivity index (χ0v) is 16.9. The van der Waals surface area contributed by atoms with Crippen LogP contribution in [0, 0.1) is 17.2 Å². The Morgan fingerprint density at radius 1 is 1.36 bits per heavy atom. The van der Waals surface area contributed by atoms with E-state index < -0.39 is 10.0 Å². The van der Waals surface area contributed by atoms with E-state index in [9.17, 15) is 13.7 Å². The summed E-state index contributed by atoms with van der Waals surface area (Å²) < 4.78 is 32.1. The molecule has 1 aliphatic rings. The number of nitrogens with one attached hydrogen (secondary N) is 2. The van der Waals surface area contributed by atoms with Crippen molar-refractivity contribution in [2.24, 2.45) is 5.92 Å². The molecule has 0 saturated carbocycles. The van der Waals surface area contributed by atoms with Gasteiger partial charge in [-0.2, -0.15) is 5.26 Å². The molecule has 9 heteroatoms. The molecule has 0 bridgehead atoms. The minimum absolute atomic E-state index is 0.0733. The van der Waals surface area contributed by atoms with Gasteiger partial charge in [-0.05, 0) is 29.7 Å². The molecule has 0 aromatic heterocycles. The maximum Gasteiger partial charge on any atom is 0.250 e. The molecule has 0 radical (unpaired) electrons. The second-order valence-electron chi connectivity index (χ2n) is 6.76. The Balaban J connectivity index is 1.92. The lowest BCUT2D eigenvalue weighted by molar-refractivity contribution is 0.0398. The number of ether oxygens (including phenoxy) is 1. The van der Waals surface area contributed by atoms with E-state index in [0.29, 0.717) is 5.56 Å². The molecule has 0 spiro atoms. The van der Waals surface area contributed by atoms with E-state index in [0.717, 1.165) is 45.1 Å². The highest BCUT2D eigenvalue weighted by molar-refractivity contribution is 7.93. The third-order valence-electron chi connectivity index (χ3n) is 4.40. The fourth-order valence-electron chi connectivity index (χ4n) is 2.60. The lowest BCUT2D eigenvalue weighted by Gasteiger charge is -2.26. The third-order valence-corrected chi connectivity index (χ3v) is 5.74. The summed E-state index contributed by atoms with van der Waals surface area (Å²) in [5, 5.41) is 21.6. The van der Waals surface area contributed by atoms with Gasteiger partial charge < -0.3 is 15.2 Å². The SMILES string of the molecule is CC(CO)CNS(=O)(=O)/C(C#N)=C/c1ccc(NCCN2CCOCC2)cc1. The van der Waals surface area contributed by atoms with E-state index in [2.05, 4.69) is 14.9 Å². The number of anilines is 1. The molecule has 0 amide bonds. The fraction of sp³-hybridized carbons (Fsp3) is 0.526. The third kappa shape index (κ3) is 7.22. The van der Waals surface area contributed by atoms with Crippen molar-refractivity contribution in [2.45, 2.75) is 6.92 Å². The predicted octanol–water partition coefficient (Wildman–Crippen LogP) is 0.843. The number of sulfonamides is 1. The molecular weight excluding hydrogens is 380 g/mol. The smallest absolute Gasteiger partial charge is 0.250 e. The van der Waals surface area contributed by atoms with Gasteiger partial charge in [0.2, 0.25) is 0 Å². The zero-order chi connectivity index (χ0) is 20.4. The van der Waals surface area contributed by atoms with Crippen LogP contribution < -0.4 is 10.0 Å². The number of hydrogen-bond acceptors (Lipinski definition) is 7. The van der Waals surface area contributed by atoms with Crippen molar-refractivity contribution >= 4 is 21.8 Å². The molecule has 1 atom stereocenters. The molecule has 1 fully saturated rings. The molecule has 1 aliphatic heterocycles. The highest BCUT2D eigenvalue weighted by Crippen LogP contribution is 2.15. The van der Waals surface area contributed by atoms with Crippen molar-refractivity contribution in [3.8, 4) is 6.07 Å². The normalized spacial score (nSPS) is 17.1. The van der Waals surface area contributed by atoms with Crippen LogP contribution in [-0.4, -0.2) is 71.0 Å². The molecule has 3 N–H and O–H groups in total. The Hall–Kier alpha value is -1.96. The van der Waals surface area contributed by atoms with E-state index in [4.69, 9.17) is 9.84 Å². The predicted molar refractivity (Wildman–Crippen MR) is 109 cm³/mol. The molecule has 1 aromatic rings. The standard InChI is InChI=1S/C19H28N4O4S/c1-16(15-24)14-22-28(25,26)19(13-20)12-17-2-4-18(5-3-17)21-6-7-23-8-10-27-11-9-23/h2-5,12,16,21-22,24H,6-11,14-15H2,1H3/b19-12+. The number of aliphatic hydroxyl groups excluding tert-OH is 1. The molecule has 2 rings (SSSR count). The van der Waals surface area contributed by atoms with Gasteiger partial charge in [0.15, 0.2) is 4.91 Å². The Morgan fingerprint density at radius 2 is 2.04 bits per heavy atom. The molecule has 0 aliphatic carbocycles. The van der Waals surface area contributed by atoms with Gasteiger partial charge in [0.25, 0.3) is 10.0 Å². The maximum absolute atomic E-state index is 12.2. The van der Waals surface area contributed by atoms with Crippen molar-refractivity contribution < 1.29 is 18.3 Å². The summed E-state index contributed by atoms with van der Waals surface area (Å²) in [6, 6.07) is 8.97. The number of morpholine rings is 1. The van der Waals surface area contributed by atoms with Crippen LogP contribution in [0.4, 0.5) is 5.69 Å². The van der Waals surface area contributed by atoms with Crippen LogP contribution in [0.1, 0.15) is 12.5 Å². The second kappa shape index (κ2) is 11.1. The van der Waals surface area contributed by atoms with E-state index in [-0.39, 0.29) is 24.0 Å². The summed E-state index contributed by atoms with van der Waals surface area (Å²) in [5.74, 6) is -0.225. The summed E-state index contributed by atoms with van der Waals surface area (Å²) in [6.07, 6.45) is 1.34. The van der Waals surface area contributed by atoms with Crippen LogP contribution in [0.15, 0.2) is 29.2 Å². The summed E-state index contributed by atoms with van der Waals surface area (Å²) in [4.78, 5) is 1.98. The molecule has 1 saturated heterocycles. The van der Waals surface area contributed by atoms with Gasteiger partial charge in [-0.3, -0.25) is 4.90 Å². The van der Waals surface area contributed by atoms with E-state index in [1.165, 1.54) is 6.08 Å². The van der Waals surface area contributed by atoms with Crippen LogP contribution in [0.2, 0.25) is 0 Å². The van der Waals surface area contributed by atoms with Crippen molar-refractivity contribution in [2.75, 3.05) is 57.9 Å². The first-order valence-electron chi connectivity index (χ1n) is 9.31. The topological polar surface area (TPSA) is 115 Å². The fourth-order valence-corrected chi connectivity index (χ4v) is 3.67. The molecule has 28 heavy (non-hydrogen) atoms. The van der Waals surface area contributed by atoms with Crippen LogP contribution in [0.3, 0.4) is 0 Å². The average molecular weight is 409 g/mol. The number of nitrogens with zero attached hydrogens (tertiary/aromatic N) is 2. The number of allylic oxidation sites excluding steroid dienone is 1. The zero-order valence-electron chi connectivity index (χ0n) is 16.1. The number of aliphatic hydroxyl groups is 1. The largest absolute Gasteiger partial charge is 0.396 e. The van der Waals surface area contributed by atoms with Crippen LogP contribution in [-0.2, 0) is 14.8 Å². The van der Waals surface area contributed by atoms with E-state index >= 15 is 0 Å². The Morgan fingerprint density at radius 3 is 2.64 bits per heavy atom. The van der Waals surface area contributed by atoms with Gasteiger partial charge in [0.1, 0.15) is 6.07 Å². The minimum Gasteiger partial charge on any atom is -0.396 e. The molecule has 1 unspecified atom stereocenters. The molecule has 1 aromatic carbocycles. The van der Waals surface area contributed by atoms with Gasteiger partial charge >= 0.3 is 0 Å². The lowest BCUT2D eigenvalue weighted by Crippen LogP contribution is -2.38. The summed E-state index contributed by atoms with van der Waals surface area (Å²) in [5.41, 5.74) is 1.55. The van der Waals surface area contributed by atoms with E-state index in [1.54, 1.807) is 25.1 Å². The van der Waals surface area contributed by atoms with Gasteiger partial charge in [-0.15, -0.1) is 0 Å². The quantitative estimate of drug-likeness (QED) is 0.492. The molecular formula is C19H28N4O4S. The van der Waals surface area contributed by atoms with Gasteiger partial charge in [-0.1, -0.05) is 19.1 Å². The van der Waals surface area contributed by atoms with Crippen molar-refractivity contribution in [1.82, 2.24) is 9.62 Å². The Kier molecular flexibility index (Phi) is 8.89. The van der Waals surface area contributed by atoms with E-state index in [1.807, 2.05) is 12.1 Å². The monoisotopic (exact) mass is 408 g/mol. The second-order valence-corrected chi connectivity index (χ2v) is 8.50. The lowest BCUT2D eigenvalue weighted by atomic mass is 10.2. The van der Waals surface area contributed by atoms with Gasteiger partial charge in [0.05, 0.1) is 13.2 Å². The number of hydrogen-bond donors (Lipinski definition) is 3. The number of benzene rings is 1. The number of rotatable bonds is 10. The first-order chi connectivity index (χ1) is 13.4. The summed E-state index contributed by atoms with van der Waals surface area (Å²) >= 11 is 0. The van der Waals surface area contributed by atoms with Gasteiger partial charge in [0, 0.05) is 45.0 Å². The van der Waals surface area contributed by atoms with Crippen molar-refractivity contribution in [3.63, 3.8) is 0 Å². The summed E-state index contributed by atoms with van der Waals surface area (Å²) in [7, 11) is -3.91. The first kappa shape index (κ1) is 22.3. The molecule has 1 heterocycles. The average Bonchev–Trinajstić information content (AvgIpc) is 2.72. The van der Waals surface area contributed by atoms with Crippen LogP contribution >= 0.6 is 0 Å². The number of nitriles is 1. The van der Waals surface area contributed by atoms with Crippen molar-refractivity contribution in [3.05, 3.63) is 34.7 Å². The van der Waals surface area contributed by atoms with Crippen LogP contribution in [0.5, 0.6) is 0 Å². The highest BCUT2D eigenvalue weighted by Gasteiger charge is 2.18. The highest BCUT2D eigenvalue weighted by atomic mass is 32.2. The minimum atomic E-state index is -3.91. The molecule has 8 nitrogen and oxygen atoms in total. The maximum atomic E-state index is 12.2. The van der Waals surface area contributed by atoms with Crippen LogP contribution in [0.25, 0.3) is 6.08 Å².